The first-order chi connectivity index (χ1) is 15.0. The Hall–Kier alpha value is -2.88. The van der Waals surface area contributed by atoms with Gasteiger partial charge < -0.3 is 15.8 Å². The molecule has 0 aliphatic rings. The van der Waals surface area contributed by atoms with E-state index in [2.05, 4.69) is 10.7 Å². The monoisotopic (exact) mass is 472 g/mol. The van der Waals surface area contributed by atoms with Gasteiger partial charge in [0.15, 0.2) is 5.78 Å². The van der Waals surface area contributed by atoms with Crippen LogP contribution in [0.3, 0.4) is 0 Å². The van der Waals surface area contributed by atoms with E-state index in [1.54, 1.807) is 24.3 Å². The van der Waals surface area contributed by atoms with Gasteiger partial charge in [-0.15, -0.1) is 0 Å². The molecule has 0 bridgehead atoms. The summed E-state index contributed by atoms with van der Waals surface area (Å²) in [6, 6.07) is 7.04. The maximum absolute atomic E-state index is 13.3. The lowest BCUT2D eigenvalue weighted by molar-refractivity contribution is -0.146. The van der Waals surface area contributed by atoms with Gasteiger partial charge in [0.2, 0.25) is 11.8 Å². The molecular weight excluding hydrogens is 443 g/mol. The SMILES string of the molecule is COc1cccc(NCC(=O)C[C@@H](CC(C)C)C(=O)NN(CCC(N)=O)C(=O)C(F)Cl)c1. The van der Waals surface area contributed by atoms with Crippen LogP contribution in [-0.4, -0.2) is 54.3 Å². The Bertz CT molecular complexity index is 806. The molecule has 0 heterocycles. The largest absolute Gasteiger partial charge is 0.497 e. The van der Waals surface area contributed by atoms with Crippen molar-refractivity contribution in [2.24, 2.45) is 17.6 Å². The number of nitrogens with two attached hydrogens (primary N) is 1. The second-order valence-corrected chi connectivity index (χ2v) is 8.02. The molecule has 1 aromatic carbocycles. The molecule has 2 atom stereocenters. The summed E-state index contributed by atoms with van der Waals surface area (Å²) in [5.74, 6) is -2.91. The average molecular weight is 473 g/mol. The zero-order valence-electron chi connectivity index (χ0n) is 18.4. The van der Waals surface area contributed by atoms with Gasteiger partial charge in [0.1, 0.15) is 5.75 Å². The molecule has 1 unspecified atom stereocenters. The number of hydrogen-bond acceptors (Lipinski definition) is 6. The number of alkyl halides is 2. The number of hydrogen-bond donors (Lipinski definition) is 3. The minimum atomic E-state index is -2.40. The number of amides is 3. The van der Waals surface area contributed by atoms with Gasteiger partial charge in [0.25, 0.3) is 11.5 Å². The van der Waals surface area contributed by atoms with E-state index in [1.807, 2.05) is 13.8 Å². The molecule has 0 saturated heterocycles. The third-order valence-corrected chi connectivity index (χ3v) is 4.63. The predicted molar refractivity (Wildman–Crippen MR) is 118 cm³/mol. The van der Waals surface area contributed by atoms with Crippen molar-refractivity contribution in [2.45, 2.75) is 38.7 Å². The molecule has 4 N–H and O–H groups in total. The van der Waals surface area contributed by atoms with Gasteiger partial charge in [0, 0.05) is 30.5 Å². The Kier molecular flexibility index (Phi) is 11.5. The van der Waals surface area contributed by atoms with E-state index in [0.29, 0.717) is 22.9 Å². The number of carbonyl (C=O) groups excluding carboxylic acids is 4. The summed E-state index contributed by atoms with van der Waals surface area (Å²) >= 11 is 5.19. The first kappa shape index (κ1) is 27.2. The first-order valence-corrected chi connectivity index (χ1v) is 10.5. The molecule has 0 aliphatic heterocycles. The third-order valence-electron chi connectivity index (χ3n) is 4.44. The number of Topliss-reactive ketones (excluding diaryl/α,β-unsaturated/α-hetero) is 1. The second-order valence-electron chi connectivity index (χ2n) is 7.64. The van der Waals surface area contributed by atoms with E-state index in [4.69, 9.17) is 22.1 Å². The van der Waals surface area contributed by atoms with Crippen LogP contribution in [0, 0.1) is 11.8 Å². The normalized spacial score (nSPS) is 12.6. The molecule has 11 heteroatoms. The van der Waals surface area contributed by atoms with Gasteiger partial charge in [-0.05, 0) is 24.5 Å². The minimum Gasteiger partial charge on any atom is -0.497 e. The van der Waals surface area contributed by atoms with Crippen LogP contribution in [0.25, 0.3) is 0 Å². The molecule has 9 nitrogen and oxygen atoms in total. The summed E-state index contributed by atoms with van der Waals surface area (Å²) in [7, 11) is 1.53. The van der Waals surface area contributed by atoms with Crippen LogP contribution >= 0.6 is 11.6 Å². The standard InChI is InChI=1S/C21H30ClFN4O5/c1-13(2)9-14(10-16(28)12-25-15-5-4-6-17(11-15)32-3)20(30)26-27(8-7-18(24)29)21(31)19(22)23/h4-6,11,13-14,19,25H,7-10,12H2,1-3H3,(H2,24,29)(H,26,30)/t14-,19?/m1/s1. The molecule has 3 amide bonds. The fraction of sp³-hybridized carbons (Fsp3) is 0.524. The van der Waals surface area contributed by atoms with E-state index >= 15 is 0 Å². The Morgan fingerprint density at radius 3 is 2.50 bits per heavy atom. The number of ketones is 1. The van der Waals surface area contributed by atoms with Crippen molar-refractivity contribution < 1.29 is 28.3 Å². The van der Waals surface area contributed by atoms with Gasteiger partial charge in [-0.25, -0.2) is 9.40 Å². The number of carbonyl (C=O) groups is 4. The number of halogens is 2. The van der Waals surface area contributed by atoms with E-state index < -0.39 is 29.3 Å². The van der Waals surface area contributed by atoms with Crippen LogP contribution in [-0.2, 0) is 19.2 Å². The topological polar surface area (TPSA) is 131 Å². The number of benzene rings is 1. The van der Waals surface area contributed by atoms with Crippen LogP contribution in [0.1, 0.15) is 33.1 Å². The molecule has 0 aliphatic carbocycles. The summed E-state index contributed by atoms with van der Waals surface area (Å²) in [6.45, 7) is 3.40. The second kappa shape index (κ2) is 13.5. The highest BCUT2D eigenvalue weighted by molar-refractivity contribution is 6.29. The summed E-state index contributed by atoms with van der Waals surface area (Å²) in [6.07, 6.45) is -0.0405. The lowest BCUT2D eigenvalue weighted by Crippen LogP contribution is -2.51. The van der Waals surface area contributed by atoms with E-state index in [9.17, 15) is 23.6 Å². The highest BCUT2D eigenvalue weighted by Crippen LogP contribution is 2.19. The van der Waals surface area contributed by atoms with Crippen molar-refractivity contribution in [2.75, 3.05) is 25.5 Å². The van der Waals surface area contributed by atoms with Gasteiger partial charge >= 0.3 is 0 Å². The molecule has 0 saturated carbocycles. The van der Waals surface area contributed by atoms with Crippen molar-refractivity contribution in [1.29, 1.82) is 0 Å². The Morgan fingerprint density at radius 2 is 1.94 bits per heavy atom. The maximum Gasteiger partial charge on any atom is 0.291 e. The molecule has 0 fully saturated rings. The number of primary amides is 1. The molecule has 178 valence electrons. The molecule has 32 heavy (non-hydrogen) atoms. The van der Waals surface area contributed by atoms with E-state index in [-0.39, 0.29) is 37.6 Å². The highest BCUT2D eigenvalue weighted by atomic mass is 35.5. The van der Waals surface area contributed by atoms with Crippen molar-refractivity contribution in [3.8, 4) is 5.75 Å². The maximum atomic E-state index is 13.3. The number of nitrogens with zero attached hydrogens (tertiary/aromatic N) is 1. The van der Waals surface area contributed by atoms with Crippen molar-refractivity contribution in [3.05, 3.63) is 24.3 Å². The number of methoxy groups -OCH3 is 1. The smallest absolute Gasteiger partial charge is 0.291 e. The van der Waals surface area contributed by atoms with Crippen molar-refractivity contribution in [3.63, 3.8) is 0 Å². The quantitative estimate of drug-likeness (QED) is 0.297. The van der Waals surface area contributed by atoms with Crippen molar-refractivity contribution >= 4 is 40.8 Å². The molecule has 1 aromatic rings. The minimum absolute atomic E-state index is 0.0202. The summed E-state index contributed by atoms with van der Waals surface area (Å²) in [5.41, 5.74) is 5.62. The number of hydrazine groups is 1. The molecule has 0 radical (unpaired) electrons. The zero-order valence-corrected chi connectivity index (χ0v) is 19.2. The molecule has 0 spiro atoms. The fourth-order valence-corrected chi connectivity index (χ4v) is 3.04. The molecule has 0 aromatic heterocycles. The molecule has 1 rings (SSSR count). The van der Waals surface area contributed by atoms with Crippen LogP contribution in [0.2, 0.25) is 0 Å². The predicted octanol–water partition coefficient (Wildman–Crippen LogP) is 2.00. The van der Waals surface area contributed by atoms with Crippen LogP contribution in [0.15, 0.2) is 24.3 Å². The fourth-order valence-electron chi connectivity index (χ4n) is 2.92. The average Bonchev–Trinajstić information content (AvgIpc) is 2.73. The number of rotatable bonds is 13. The number of nitrogens with one attached hydrogen (secondary N) is 2. The summed E-state index contributed by atoms with van der Waals surface area (Å²) < 4.78 is 18.4. The first-order valence-electron chi connectivity index (χ1n) is 10.1. The lowest BCUT2D eigenvalue weighted by atomic mass is 9.91. The lowest BCUT2D eigenvalue weighted by Gasteiger charge is -2.26. The molecular formula is C21H30ClFN4O5. The summed E-state index contributed by atoms with van der Waals surface area (Å²) in [5, 5.41) is 3.60. The van der Waals surface area contributed by atoms with Gasteiger partial charge in [0.05, 0.1) is 20.2 Å². The Morgan fingerprint density at radius 1 is 1.25 bits per heavy atom. The number of ether oxygens (including phenoxy) is 1. The third kappa shape index (κ3) is 9.95. The van der Waals surface area contributed by atoms with Crippen molar-refractivity contribution in [1.82, 2.24) is 10.4 Å². The highest BCUT2D eigenvalue weighted by Gasteiger charge is 2.28. The summed E-state index contributed by atoms with van der Waals surface area (Å²) in [4.78, 5) is 48.2. The van der Waals surface area contributed by atoms with Crippen LogP contribution < -0.4 is 21.2 Å². The van der Waals surface area contributed by atoms with Crippen LogP contribution in [0.5, 0.6) is 5.75 Å². The number of anilines is 1. The van der Waals surface area contributed by atoms with Gasteiger partial charge in [-0.2, -0.15) is 0 Å². The Labute approximate surface area is 191 Å². The van der Waals surface area contributed by atoms with E-state index in [1.165, 1.54) is 7.11 Å². The zero-order chi connectivity index (χ0) is 24.3. The Balaban J connectivity index is 2.80. The van der Waals surface area contributed by atoms with Crippen LogP contribution in [0.4, 0.5) is 10.1 Å². The van der Waals surface area contributed by atoms with Gasteiger partial charge in [-0.3, -0.25) is 24.6 Å². The van der Waals surface area contributed by atoms with Gasteiger partial charge in [-0.1, -0.05) is 31.5 Å². The van der Waals surface area contributed by atoms with E-state index in [0.717, 1.165) is 0 Å².